The number of carbonyl (C=O) groups excluding carboxylic acids is 1. The van der Waals surface area contributed by atoms with Crippen LogP contribution >= 0.6 is 11.8 Å². The SMILES string of the molecule is CCC(Sc1nc2ccccc2[nH]1)C(=O)Nc1ccccc1C. The van der Waals surface area contributed by atoms with E-state index < -0.39 is 0 Å². The van der Waals surface area contributed by atoms with Crippen molar-refractivity contribution in [3.05, 3.63) is 54.1 Å². The first-order valence-corrected chi connectivity index (χ1v) is 8.53. The molecule has 1 atom stereocenters. The summed E-state index contributed by atoms with van der Waals surface area (Å²) in [6, 6.07) is 15.7. The smallest absolute Gasteiger partial charge is 0.237 e. The first-order valence-electron chi connectivity index (χ1n) is 7.65. The van der Waals surface area contributed by atoms with Gasteiger partial charge in [0.1, 0.15) is 0 Å². The molecule has 0 bridgehead atoms. The summed E-state index contributed by atoms with van der Waals surface area (Å²) in [5.41, 5.74) is 3.83. The second-order valence-electron chi connectivity index (χ2n) is 5.38. The van der Waals surface area contributed by atoms with Crippen LogP contribution in [0.15, 0.2) is 53.7 Å². The van der Waals surface area contributed by atoms with Crippen LogP contribution in [-0.4, -0.2) is 21.1 Å². The van der Waals surface area contributed by atoms with Crippen molar-refractivity contribution in [1.82, 2.24) is 9.97 Å². The van der Waals surface area contributed by atoms with Crippen molar-refractivity contribution < 1.29 is 4.79 Å². The average Bonchev–Trinajstić information content (AvgIpc) is 2.97. The molecule has 2 N–H and O–H groups in total. The average molecular weight is 325 g/mol. The zero-order valence-corrected chi connectivity index (χ0v) is 14.0. The molecule has 0 aliphatic heterocycles. The Balaban J connectivity index is 1.74. The number of nitrogens with one attached hydrogen (secondary N) is 2. The largest absolute Gasteiger partial charge is 0.333 e. The number of hydrogen-bond acceptors (Lipinski definition) is 3. The van der Waals surface area contributed by atoms with Crippen molar-refractivity contribution >= 4 is 34.4 Å². The van der Waals surface area contributed by atoms with E-state index >= 15 is 0 Å². The molecule has 1 heterocycles. The minimum Gasteiger partial charge on any atom is -0.333 e. The number of imidazole rings is 1. The standard InChI is InChI=1S/C18H19N3OS/c1-3-16(17(22)19-13-9-5-4-8-12(13)2)23-18-20-14-10-6-7-11-15(14)21-18/h4-11,16H,3H2,1-2H3,(H,19,22)(H,20,21). The number of aromatic amines is 1. The fourth-order valence-corrected chi connectivity index (χ4v) is 3.29. The maximum atomic E-state index is 12.5. The van der Waals surface area contributed by atoms with E-state index in [0.717, 1.165) is 33.9 Å². The molecule has 0 saturated heterocycles. The maximum Gasteiger partial charge on any atom is 0.237 e. The van der Waals surface area contributed by atoms with Crippen LogP contribution in [0, 0.1) is 6.92 Å². The van der Waals surface area contributed by atoms with Crippen LogP contribution in [0.1, 0.15) is 18.9 Å². The van der Waals surface area contributed by atoms with E-state index in [9.17, 15) is 4.79 Å². The molecule has 5 heteroatoms. The van der Waals surface area contributed by atoms with Crippen LogP contribution < -0.4 is 5.32 Å². The van der Waals surface area contributed by atoms with Gasteiger partial charge in [-0.05, 0) is 37.1 Å². The number of thioether (sulfide) groups is 1. The first-order chi connectivity index (χ1) is 11.2. The lowest BCUT2D eigenvalue weighted by Crippen LogP contribution is -2.25. The predicted molar refractivity (Wildman–Crippen MR) is 95.8 cm³/mol. The number of carbonyl (C=O) groups is 1. The Kier molecular flexibility index (Phi) is 4.67. The lowest BCUT2D eigenvalue weighted by molar-refractivity contribution is -0.115. The van der Waals surface area contributed by atoms with E-state index in [1.807, 2.05) is 62.4 Å². The Bertz CT molecular complexity index is 795. The van der Waals surface area contributed by atoms with Crippen molar-refractivity contribution in [2.45, 2.75) is 30.7 Å². The van der Waals surface area contributed by atoms with Gasteiger partial charge in [-0.2, -0.15) is 0 Å². The summed E-state index contributed by atoms with van der Waals surface area (Å²) < 4.78 is 0. The normalized spacial score (nSPS) is 12.3. The predicted octanol–water partition coefficient (Wildman–Crippen LogP) is 4.38. The maximum absolute atomic E-state index is 12.5. The molecule has 0 saturated carbocycles. The molecule has 0 spiro atoms. The van der Waals surface area contributed by atoms with Gasteiger partial charge in [0, 0.05) is 5.69 Å². The van der Waals surface area contributed by atoms with Crippen LogP contribution in [-0.2, 0) is 4.79 Å². The van der Waals surface area contributed by atoms with Gasteiger partial charge in [0.15, 0.2) is 5.16 Å². The van der Waals surface area contributed by atoms with Crippen LogP contribution in [0.5, 0.6) is 0 Å². The molecule has 0 aliphatic rings. The zero-order valence-electron chi connectivity index (χ0n) is 13.2. The number of nitrogens with zero attached hydrogens (tertiary/aromatic N) is 1. The number of fused-ring (bicyclic) bond motifs is 1. The highest BCUT2D eigenvalue weighted by molar-refractivity contribution is 8.00. The van der Waals surface area contributed by atoms with Crippen LogP contribution in [0.25, 0.3) is 11.0 Å². The summed E-state index contributed by atoms with van der Waals surface area (Å²) in [6.45, 7) is 4.00. The molecule has 1 unspecified atom stereocenters. The number of amides is 1. The number of hydrogen-bond donors (Lipinski definition) is 2. The molecule has 0 radical (unpaired) electrons. The van der Waals surface area contributed by atoms with Gasteiger partial charge in [-0.25, -0.2) is 4.98 Å². The number of anilines is 1. The molecule has 1 amide bonds. The van der Waals surface area contributed by atoms with E-state index in [4.69, 9.17) is 0 Å². The minimum absolute atomic E-state index is 0.00672. The van der Waals surface area contributed by atoms with Gasteiger partial charge in [0.25, 0.3) is 0 Å². The monoisotopic (exact) mass is 325 g/mol. The number of benzene rings is 2. The van der Waals surface area contributed by atoms with Crippen molar-refractivity contribution in [3.8, 4) is 0 Å². The highest BCUT2D eigenvalue weighted by Crippen LogP contribution is 2.26. The van der Waals surface area contributed by atoms with Crippen molar-refractivity contribution in [2.24, 2.45) is 0 Å². The highest BCUT2D eigenvalue weighted by atomic mass is 32.2. The van der Waals surface area contributed by atoms with Gasteiger partial charge in [-0.15, -0.1) is 0 Å². The minimum atomic E-state index is -0.185. The van der Waals surface area contributed by atoms with Gasteiger partial charge < -0.3 is 10.3 Å². The third-order valence-corrected chi connectivity index (χ3v) is 4.94. The molecule has 2 aromatic carbocycles. The van der Waals surface area contributed by atoms with Crippen LogP contribution in [0.4, 0.5) is 5.69 Å². The first kappa shape index (κ1) is 15.6. The van der Waals surface area contributed by atoms with Gasteiger partial charge in [-0.1, -0.05) is 49.0 Å². The third-order valence-electron chi connectivity index (χ3n) is 3.69. The van der Waals surface area contributed by atoms with Gasteiger partial charge >= 0.3 is 0 Å². The van der Waals surface area contributed by atoms with Crippen molar-refractivity contribution in [2.75, 3.05) is 5.32 Å². The van der Waals surface area contributed by atoms with E-state index in [0.29, 0.717) is 0 Å². The second-order valence-corrected chi connectivity index (χ2v) is 6.57. The Hall–Kier alpha value is -2.27. The van der Waals surface area contributed by atoms with Crippen molar-refractivity contribution in [3.63, 3.8) is 0 Å². The Labute approximate surface area is 139 Å². The van der Waals surface area contributed by atoms with Gasteiger partial charge in [-0.3, -0.25) is 4.79 Å². The molecule has 23 heavy (non-hydrogen) atoms. The topological polar surface area (TPSA) is 57.8 Å². The summed E-state index contributed by atoms with van der Waals surface area (Å²) >= 11 is 1.47. The molecule has 3 rings (SSSR count). The number of aryl methyl sites for hydroxylation is 1. The van der Waals surface area contributed by atoms with E-state index in [-0.39, 0.29) is 11.2 Å². The van der Waals surface area contributed by atoms with Crippen LogP contribution in [0.2, 0.25) is 0 Å². The van der Waals surface area contributed by atoms with Gasteiger partial charge in [0.2, 0.25) is 5.91 Å². The van der Waals surface area contributed by atoms with Crippen molar-refractivity contribution in [1.29, 1.82) is 0 Å². The molecular formula is C18H19N3OS. The third kappa shape index (κ3) is 3.56. The molecule has 3 aromatic rings. The number of rotatable bonds is 5. The van der Waals surface area contributed by atoms with E-state index in [1.165, 1.54) is 11.8 Å². The highest BCUT2D eigenvalue weighted by Gasteiger charge is 2.20. The summed E-state index contributed by atoms with van der Waals surface area (Å²) in [4.78, 5) is 20.3. The van der Waals surface area contributed by atoms with E-state index in [2.05, 4.69) is 15.3 Å². The molecule has 4 nitrogen and oxygen atoms in total. The number of aromatic nitrogens is 2. The van der Waals surface area contributed by atoms with Gasteiger partial charge in [0.05, 0.1) is 16.3 Å². The Morgan fingerprint density at radius 2 is 1.96 bits per heavy atom. The summed E-state index contributed by atoms with van der Waals surface area (Å²) in [7, 11) is 0. The molecular weight excluding hydrogens is 306 g/mol. The summed E-state index contributed by atoms with van der Waals surface area (Å²) in [6.07, 6.45) is 0.736. The molecule has 0 fully saturated rings. The molecule has 0 aliphatic carbocycles. The quantitative estimate of drug-likeness (QED) is 0.684. The van der Waals surface area contributed by atoms with E-state index in [1.54, 1.807) is 0 Å². The van der Waals surface area contributed by atoms with Crippen LogP contribution in [0.3, 0.4) is 0 Å². The number of H-pyrrole nitrogens is 1. The molecule has 1 aromatic heterocycles. The summed E-state index contributed by atoms with van der Waals surface area (Å²) in [5.74, 6) is 0.00672. The Morgan fingerprint density at radius 1 is 1.22 bits per heavy atom. The fourth-order valence-electron chi connectivity index (χ4n) is 2.37. The number of para-hydroxylation sites is 3. The molecule has 118 valence electrons. The fraction of sp³-hybridized carbons (Fsp3) is 0.222. The lowest BCUT2D eigenvalue weighted by Gasteiger charge is -2.14. The lowest BCUT2D eigenvalue weighted by atomic mass is 10.2. The second kappa shape index (κ2) is 6.87. The Morgan fingerprint density at radius 3 is 2.70 bits per heavy atom. The zero-order chi connectivity index (χ0) is 16.2. The summed E-state index contributed by atoms with van der Waals surface area (Å²) in [5, 5.41) is 3.60.